The van der Waals surface area contributed by atoms with Crippen molar-refractivity contribution in [2.24, 2.45) is 5.92 Å². The van der Waals surface area contributed by atoms with E-state index in [9.17, 15) is 4.79 Å². The summed E-state index contributed by atoms with van der Waals surface area (Å²) in [5, 5.41) is 10.4. The van der Waals surface area contributed by atoms with Crippen LogP contribution in [0.4, 0.5) is 0 Å². The lowest BCUT2D eigenvalue weighted by Gasteiger charge is -2.44. The van der Waals surface area contributed by atoms with E-state index in [0.29, 0.717) is 17.7 Å². The number of amides is 1. The molecule has 0 radical (unpaired) electrons. The normalized spacial score (nSPS) is 28.2. The molecule has 0 spiro atoms. The van der Waals surface area contributed by atoms with Crippen molar-refractivity contribution in [3.63, 3.8) is 0 Å². The molecule has 5 heteroatoms. The Labute approximate surface area is 131 Å². The van der Waals surface area contributed by atoms with Crippen LogP contribution in [0.3, 0.4) is 0 Å². The average Bonchev–Trinajstić information content (AvgIpc) is 3.15. The quantitative estimate of drug-likeness (QED) is 0.896. The highest BCUT2D eigenvalue weighted by Gasteiger charge is 2.33. The van der Waals surface area contributed by atoms with Gasteiger partial charge < -0.3 is 10.2 Å². The lowest BCUT2D eigenvalue weighted by molar-refractivity contribution is 0.0575. The van der Waals surface area contributed by atoms with Crippen molar-refractivity contribution < 1.29 is 4.79 Å². The Morgan fingerprint density at radius 2 is 2.09 bits per heavy atom. The predicted octanol–water partition coefficient (Wildman–Crippen LogP) is 1.89. The highest BCUT2D eigenvalue weighted by molar-refractivity contribution is 5.94. The summed E-state index contributed by atoms with van der Waals surface area (Å²) in [6.07, 6.45) is 9.69. The number of nitrogens with zero attached hydrogens (tertiary/aromatic N) is 2. The molecule has 2 aliphatic heterocycles. The molecule has 1 amide bonds. The summed E-state index contributed by atoms with van der Waals surface area (Å²) in [4.78, 5) is 15.1. The number of aryl methyl sites for hydroxylation is 1. The van der Waals surface area contributed by atoms with E-state index in [0.717, 1.165) is 31.4 Å². The Balaban J connectivity index is 1.38. The minimum absolute atomic E-state index is 0.0207. The van der Waals surface area contributed by atoms with Crippen molar-refractivity contribution in [2.45, 2.75) is 57.4 Å². The van der Waals surface area contributed by atoms with Crippen molar-refractivity contribution in [1.29, 1.82) is 0 Å². The Hall–Kier alpha value is -1.36. The Kier molecular flexibility index (Phi) is 3.90. The molecule has 22 heavy (non-hydrogen) atoms. The summed E-state index contributed by atoms with van der Waals surface area (Å²) in [5.74, 6) is 0.636. The molecule has 1 aromatic heterocycles. The van der Waals surface area contributed by atoms with Crippen molar-refractivity contribution in [2.75, 3.05) is 19.6 Å². The molecule has 2 saturated heterocycles. The zero-order valence-electron chi connectivity index (χ0n) is 13.2. The second kappa shape index (κ2) is 6.03. The maximum atomic E-state index is 12.5. The first-order chi connectivity index (χ1) is 10.8. The van der Waals surface area contributed by atoms with Crippen LogP contribution in [0.1, 0.15) is 60.3 Å². The molecule has 0 bridgehead atoms. The first-order valence-corrected chi connectivity index (χ1v) is 8.91. The minimum Gasteiger partial charge on any atom is -0.350 e. The number of H-pyrrole nitrogens is 1. The van der Waals surface area contributed by atoms with Crippen LogP contribution in [-0.2, 0) is 12.8 Å². The summed E-state index contributed by atoms with van der Waals surface area (Å²) in [6.45, 7) is 3.31. The average molecular weight is 302 g/mol. The zero-order valence-corrected chi connectivity index (χ0v) is 13.2. The molecule has 5 nitrogen and oxygen atoms in total. The van der Waals surface area contributed by atoms with Gasteiger partial charge in [0.25, 0.3) is 5.91 Å². The van der Waals surface area contributed by atoms with Gasteiger partial charge in [-0.2, -0.15) is 5.10 Å². The third-order valence-corrected chi connectivity index (χ3v) is 5.77. The fraction of sp³-hybridized carbons (Fsp3) is 0.765. The Bertz CT molecular complexity index is 551. The van der Waals surface area contributed by atoms with Gasteiger partial charge in [-0.3, -0.25) is 9.89 Å². The third-order valence-electron chi connectivity index (χ3n) is 5.77. The van der Waals surface area contributed by atoms with Gasteiger partial charge in [-0.15, -0.1) is 0 Å². The largest absolute Gasteiger partial charge is 0.350 e. The molecule has 1 aliphatic carbocycles. The van der Waals surface area contributed by atoms with Gasteiger partial charge in [0.05, 0.1) is 0 Å². The molecule has 2 atom stereocenters. The number of carbonyl (C=O) groups is 1. The number of aromatic nitrogens is 2. The van der Waals surface area contributed by atoms with Gasteiger partial charge in [-0.25, -0.2) is 0 Å². The summed E-state index contributed by atoms with van der Waals surface area (Å²) in [7, 11) is 0. The van der Waals surface area contributed by atoms with Crippen LogP contribution in [0, 0.1) is 5.92 Å². The standard InChI is InChI=1S/C17H26N4O/c22-17(16-13-6-3-7-14(13)19-20-16)18-11-12-5-4-10-21-9-2-1-8-15(12)21/h12,15H,1-11H2,(H,18,22)(H,19,20). The highest BCUT2D eigenvalue weighted by Crippen LogP contribution is 2.30. The topological polar surface area (TPSA) is 61.0 Å². The number of piperidine rings is 2. The van der Waals surface area contributed by atoms with E-state index in [4.69, 9.17) is 0 Å². The number of rotatable bonds is 3. The summed E-state index contributed by atoms with van der Waals surface area (Å²) < 4.78 is 0. The summed E-state index contributed by atoms with van der Waals surface area (Å²) in [6, 6.07) is 0.688. The molecule has 0 saturated carbocycles. The van der Waals surface area contributed by atoms with Gasteiger partial charge in [0.1, 0.15) is 0 Å². The van der Waals surface area contributed by atoms with Crippen LogP contribution in [0.25, 0.3) is 0 Å². The van der Waals surface area contributed by atoms with Crippen LogP contribution in [-0.4, -0.2) is 46.7 Å². The monoisotopic (exact) mass is 302 g/mol. The molecule has 2 fully saturated rings. The molecule has 0 aromatic carbocycles. The Morgan fingerprint density at radius 1 is 1.18 bits per heavy atom. The first kappa shape index (κ1) is 14.2. The van der Waals surface area contributed by atoms with E-state index < -0.39 is 0 Å². The van der Waals surface area contributed by atoms with Gasteiger partial charge in [0.15, 0.2) is 5.69 Å². The maximum Gasteiger partial charge on any atom is 0.272 e. The van der Waals surface area contributed by atoms with Gasteiger partial charge in [-0.05, 0) is 64.0 Å². The molecule has 2 N–H and O–H groups in total. The molecule has 2 unspecified atom stereocenters. The van der Waals surface area contributed by atoms with Gasteiger partial charge in [0.2, 0.25) is 0 Å². The van der Waals surface area contributed by atoms with E-state index in [1.165, 1.54) is 50.9 Å². The van der Waals surface area contributed by atoms with Crippen molar-refractivity contribution >= 4 is 5.91 Å². The summed E-state index contributed by atoms with van der Waals surface area (Å²) in [5.41, 5.74) is 2.96. The molecular weight excluding hydrogens is 276 g/mol. The molecule has 3 heterocycles. The van der Waals surface area contributed by atoms with E-state index in [1.54, 1.807) is 0 Å². The Morgan fingerprint density at radius 3 is 3.05 bits per heavy atom. The smallest absolute Gasteiger partial charge is 0.272 e. The molecule has 120 valence electrons. The molecule has 4 rings (SSSR count). The number of aromatic amines is 1. The predicted molar refractivity (Wildman–Crippen MR) is 84.9 cm³/mol. The van der Waals surface area contributed by atoms with Crippen molar-refractivity contribution in [3.05, 3.63) is 17.0 Å². The van der Waals surface area contributed by atoms with E-state index >= 15 is 0 Å². The lowest BCUT2D eigenvalue weighted by Crippen LogP contribution is -2.51. The molecule has 1 aromatic rings. The van der Waals surface area contributed by atoms with Gasteiger partial charge in [0, 0.05) is 23.8 Å². The number of fused-ring (bicyclic) bond motifs is 2. The fourth-order valence-electron chi connectivity index (χ4n) is 4.63. The zero-order chi connectivity index (χ0) is 14.9. The number of nitrogens with one attached hydrogen (secondary N) is 2. The van der Waals surface area contributed by atoms with Crippen LogP contribution < -0.4 is 5.32 Å². The van der Waals surface area contributed by atoms with Crippen LogP contribution >= 0.6 is 0 Å². The van der Waals surface area contributed by atoms with Crippen molar-refractivity contribution in [3.8, 4) is 0 Å². The van der Waals surface area contributed by atoms with E-state index in [1.807, 2.05) is 0 Å². The second-order valence-corrected chi connectivity index (χ2v) is 7.09. The SMILES string of the molecule is O=C(NCC1CCCN2CCCCC12)c1n[nH]c2c1CCC2. The van der Waals surface area contributed by atoms with Gasteiger partial charge >= 0.3 is 0 Å². The highest BCUT2D eigenvalue weighted by atomic mass is 16.1. The maximum absolute atomic E-state index is 12.5. The van der Waals surface area contributed by atoms with E-state index in [-0.39, 0.29) is 5.91 Å². The fourth-order valence-corrected chi connectivity index (χ4v) is 4.63. The first-order valence-electron chi connectivity index (χ1n) is 8.91. The lowest BCUT2D eigenvalue weighted by atomic mass is 9.83. The van der Waals surface area contributed by atoms with Crippen molar-refractivity contribution in [1.82, 2.24) is 20.4 Å². The van der Waals surface area contributed by atoms with Crippen LogP contribution in [0.2, 0.25) is 0 Å². The third kappa shape index (κ3) is 2.56. The van der Waals surface area contributed by atoms with Gasteiger partial charge in [-0.1, -0.05) is 6.42 Å². The van der Waals surface area contributed by atoms with Crippen LogP contribution in [0.15, 0.2) is 0 Å². The second-order valence-electron chi connectivity index (χ2n) is 7.09. The number of hydrogen-bond donors (Lipinski definition) is 2. The minimum atomic E-state index is 0.0207. The number of hydrogen-bond acceptors (Lipinski definition) is 3. The van der Waals surface area contributed by atoms with E-state index in [2.05, 4.69) is 20.4 Å². The van der Waals surface area contributed by atoms with Crippen LogP contribution in [0.5, 0.6) is 0 Å². The molecular formula is C17H26N4O. The number of carbonyl (C=O) groups excluding carboxylic acids is 1. The summed E-state index contributed by atoms with van der Waals surface area (Å²) >= 11 is 0. The molecule has 3 aliphatic rings.